The van der Waals surface area contributed by atoms with Crippen molar-refractivity contribution in [3.8, 4) is 11.5 Å². The molecule has 0 radical (unpaired) electrons. The molecule has 25 heavy (non-hydrogen) atoms. The zero-order valence-electron chi connectivity index (χ0n) is 12.6. The Labute approximate surface area is 139 Å². The summed E-state index contributed by atoms with van der Waals surface area (Å²) >= 11 is 0. The molecule has 0 atom stereocenters. The van der Waals surface area contributed by atoms with Gasteiger partial charge in [0.2, 0.25) is 0 Å². The summed E-state index contributed by atoms with van der Waals surface area (Å²) in [6.07, 6.45) is 0. The molecule has 1 N–H and O–H groups in total. The lowest BCUT2D eigenvalue weighted by Gasteiger charge is -2.11. The van der Waals surface area contributed by atoms with Gasteiger partial charge in [0.15, 0.2) is 0 Å². The molecule has 0 bridgehead atoms. The minimum atomic E-state index is -1.01. The minimum Gasteiger partial charge on any atom is -0.494 e. The predicted octanol–water partition coefficient (Wildman–Crippen LogP) is 2.83. The number of nitro benzene ring substituents is 3. The number of hydrogen-bond acceptors (Lipinski definition) is 9. The van der Waals surface area contributed by atoms with Crippen LogP contribution in [0.5, 0.6) is 11.5 Å². The van der Waals surface area contributed by atoms with Gasteiger partial charge in [-0.2, -0.15) is 0 Å². The highest BCUT2D eigenvalue weighted by Crippen LogP contribution is 2.40. The van der Waals surface area contributed by atoms with Gasteiger partial charge in [-0.25, -0.2) is 5.48 Å². The quantitative estimate of drug-likeness (QED) is 0.584. The number of non-ortho nitro benzene ring substituents is 1. The molecule has 0 saturated carbocycles. The van der Waals surface area contributed by atoms with Gasteiger partial charge in [0, 0.05) is 0 Å². The molecule has 2 aromatic carbocycles. The highest BCUT2D eigenvalue weighted by Gasteiger charge is 2.33. The molecule has 0 amide bonds. The first kappa shape index (κ1) is 17.4. The van der Waals surface area contributed by atoms with Crippen LogP contribution >= 0.6 is 0 Å². The Morgan fingerprint density at radius 2 is 1.48 bits per heavy atom. The molecule has 0 aliphatic carbocycles. The number of benzene rings is 2. The lowest BCUT2D eigenvalue weighted by atomic mass is 10.2. The number of para-hydroxylation sites is 2. The maximum atomic E-state index is 11.1. The SMILES string of the molecule is COc1ccccc1NOc1c([N+](=O)[O-])cc([N+](=O)[O-])cc1[N+](=O)[O-]. The van der Waals surface area contributed by atoms with Gasteiger partial charge >= 0.3 is 17.1 Å². The van der Waals surface area contributed by atoms with Crippen molar-refractivity contribution in [1.29, 1.82) is 0 Å². The van der Waals surface area contributed by atoms with E-state index in [9.17, 15) is 30.3 Å². The Bertz CT molecular complexity index is 819. The van der Waals surface area contributed by atoms with E-state index in [1.165, 1.54) is 13.2 Å². The molecule has 0 aliphatic heterocycles. The van der Waals surface area contributed by atoms with Crippen LogP contribution in [-0.2, 0) is 0 Å². The summed E-state index contributed by atoms with van der Waals surface area (Å²) in [5, 5.41) is 33.1. The van der Waals surface area contributed by atoms with Crippen LogP contribution in [0.15, 0.2) is 36.4 Å². The van der Waals surface area contributed by atoms with E-state index in [1.54, 1.807) is 18.2 Å². The highest BCUT2D eigenvalue weighted by atomic mass is 16.7. The molecule has 0 heterocycles. The third-order valence-electron chi connectivity index (χ3n) is 3.01. The molecule has 0 spiro atoms. The Kier molecular flexibility index (Phi) is 4.92. The van der Waals surface area contributed by atoms with E-state index in [0.29, 0.717) is 17.9 Å². The molecule has 0 fully saturated rings. The topological polar surface area (TPSA) is 160 Å². The monoisotopic (exact) mass is 350 g/mol. The Morgan fingerprint density at radius 3 is 1.96 bits per heavy atom. The molecule has 12 heteroatoms. The first-order valence-corrected chi connectivity index (χ1v) is 6.52. The lowest BCUT2D eigenvalue weighted by Crippen LogP contribution is -2.10. The Balaban J connectivity index is 2.49. The molecule has 2 rings (SSSR count). The van der Waals surface area contributed by atoms with Crippen LogP contribution in [-0.4, -0.2) is 21.9 Å². The van der Waals surface area contributed by atoms with E-state index in [1.807, 2.05) is 0 Å². The van der Waals surface area contributed by atoms with Crippen LogP contribution in [0.2, 0.25) is 0 Å². The number of nitro groups is 3. The maximum absolute atomic E-state index is 11.1. The summed E-state index contributed by atoms with van der Waals surface area (Å²) in [6.45, 7) is 0. The fourth-order valence-corrected chi connectivity index (χ4v) is 1.90. The van der Waals surface area contributed by atoms with Crippen molar-refractivity contribution in [1.82, 2.24) is 0 Å². The van der Waals surface area contributed by atoms with Gasteiger partial charge in [-0.3, -0.25) is 30.3 Å². The lowest BCUT2D eigenvalue weighted by molar-refractivity contribution is -0.404. The molecule has 130 valence electrons. The largest absolute Gasteiger partial charge is 0.494 e. The first-order valence-electron chi connectivity index (χ1n) is 6.52. The van der Waals surface area contributed by atoms with Crippen LogP contribution in [0.3, 0.4) is 0 Å². The second-order valence-corrected chi connectivity index (χ2v) is 4.49. The van der Waals surface area contributed by atoms with Crippen molar-refractivity contribution >= 4 is 22.7 Å². The zero-order chi connectivity index (χ0) is 18.6. The van der Waals surface area contributed by atoms with E-state index in [-0.39, 0.29) is 5.69 Å². The Morgan fingerprint density at radius 1 is 0.920 bits per heavy atom. The highest BCUT2D eigenvalue weighted by molar-refractivity contribution is 5.66. The number of nitrogens with one attached hydrogen (secondary N) is 1. The number of nitrogens with zero attached hydrogens (tertiary/aromatic N) is 3. The molecule has 0 saturated heterocycles. The van der Waals surface area contributed by atoms with Gasteiger partial charge in [0.25, 0.3) is 5.69 Å². The fraction of sp³-hybridized carbons (Fsp3) is 0.0769. The van der Waals surface area contributed by atoms with Gasteiger partial charge in [-0.15, -0.1) is 0 Å². The van der Waals surface area contributed by atoms with E-state index < -0.39 is 37.6 Å². The van der Waals surface area contributed by atoms with Crippen LogP contribution in [0.25, 0.3) is 0 Å². The summed E-state index contributed by atoms with van der Waals surface area (Å²) < 4.78 is 5.04. The van der Waals surface area contributed by atoms with E-state index in [2.05, 4.69) is 5.48 Å². The van der Waals surface area contributed by atoms with E-state index in [0.717, 1.165) is 0 Å². The van der Waals surface area contributed by atoms with Crippen LogP contribution in [0, 0.1) is 30.3 Å². The molecule has 2 aromatic rings. The minimum absolute atomic E-state index is 0.243. The second-order valence-electron chi connectivity index (χ2n) is 4.49. The second kappa shape index (κ2) is 7.08. The van der Waals surface area contributed by atoms with Gasteiger partial charge in [0.05, 0.1) is 34.0 Å². The number of methoxy groups -OCH3 is 1. The average Bonchev–Trinajstić information content (AvgIpc) is 2.58. The molecule has 0 aliphatic rings. The van der Waals surface area contributed by atoms with Crippen LogP contribution in [0.1, 0.15) is 0 Å². The maximum Gasteiger partial charge on any atom is 0.328 e. The number of ether oxygens (including phenoxy) is 1. The Hall–Kier alpha value is -3.96. The standard InChI is InChI=1S/C13H10N4O8/c1-24-12-5-3-2-4-9(12)14-25-13-10(16(20)21)6-8(15(18)19)7-11(13)17(22)23/h2-7,14H,1H3. The van der Waals surface area contributed by atoms with E-state index in [4.69, 9.17) is 9.57 Å². The fourth-order valence-electron chi connectivity index (χ4n) is 1.90. The summed E-state index contributed by atoms with van der Waals surface area (Å²) in [5.41, 5.74) is -0.0992. The molecule has 12 nitrogen and oxygen atoms in total. The normalized spacial score (nSPS) is 9.96. The third-order valence-corrected chi connectivity index (χ3v) is 3.01. The molecular weight excluding hydrogens is 340 g/mol. The summed E-state index contributed by atoms with van der Waals surface area (Å²) in [6, 6.07) is 7.47. The van der Waals surface area contributed by atoms with E-state index >= 15 is 0 Å². The van der Waals surface area contributed by atoms with Gasteiger partial charge in [-0.1, -0.05) is 12.1 Å². The van der Waals surface area contributed by atoms with Crippen molar-refractivity contribution in [3.05, 3.63) is 66.7 Å². The summed E-state index contributed by atoms with van der Waals surface area (Å²) in [7, 11) is 1.37. The van der Waals surface area contributed by atoms with Crippen molar-refractivity contribution in [2.24, 2.45) is 0 Å². The van der Waals surface area contributed by atoms with Crippen molar-refractivity contribution < 1.29 is 24.3 Å². The van der Waals surface area contributed by atoms with Crippen molar-refractivity contribution in [2.75, 3.05) is 12.6 Å². The molecule has 0 unspecified atom stereocenters. The predicted molar refractivity (Wildman–Crippen MR) is 83.6 cm³/mol. The van der Waals surface area contributed by atoms with Crippen LogP contribution < -0.4 is 15.1 Å². The van der Waals surface area contributed by atoms with Gasteiger partial charge in [0.1, 0.15) is 11.4 Å². The van der Waals surface area contributed by atoms with Crippen molar-refractivity contribution in [3.63, 3.8) is 0 Å². The number of rotatable bonds is 7. The molecule has 0 aromatic heterocycles. The van der Waals surface area contributed by atoms with Crippen LogP contribution in [0.4, 0.5) is 22.7 Å². The number of hydrogen-bond donors (Lipinski definition) is 1. The zero-order valence-corrected chi connectivity index (χ0v) is 12.6. The first-order chi connectivity index (χ1) is 11.8. The third kappa shape index (κ3) is 3.69. The average molecular weight is 350 g/mol. The van der Waals surface area contributed by atoms with Crippen molar-refractivity contribution in [2.45, 2.75) is 0 Å². The summed E-state index contributed by atoms with van der Waals surface area (Å²) in [5.74, 6) is -0.457. The van der Waals surface area contributed by atoms with Gasteiger partial charge in [-0.05, 0) is 12.1 Å². The number of anilines is 1. The smallest absolute Gasteiger partial charge is 0.328 e. The molecular formula is C13H10N4O8. The van der Waals surface area contributed by atoms with Gasteiger partial charge < -0.3 is 9.57 Å². The summed E-state index contributed by atoms with van der Waals surface area (Å²) in [4.78, 5) is 35.1.